The standard InChI is InChI=1S/C20H25N5O2S/c1-20(2,3)18-22-23-19(28-18)21-17(26)16-14-6-4-5-7-15(14)25(24-16)12-13-8-10-27-11-9-13/h4-7,13H,8-12H2,1-3H3,(H,21,23,26). The van der Waals surface area contributed by atoms with Crippen molar-refractivity contribution in [3.05, 3.63) is 35.0 Å². The van der Waals surface area contributed by atoms with Gasteiger partial charge >= 0.3 is 0 Å². The lowest BCUT2D eigenvalue weighted by atomic mass is 9.98. The SMILES string of the molecule is CC(C)(C)c1nnc(NC(=O)c2nn(CC3CCOCC3)c3ccccc23)s1. The molecule has 2 aromatic heterocycles. The van der Waals surface area contributed by atoms with Crippen LogP contribution in [0.15, 0.2) is 24.3 Å². The van der Waals surface area contributed by atoms with E-state index in [1.165, 1.54) is 11.3 Å². The molecular weight excluding hydrogens is 374 g/mol. The molecule has 1 fully saturated rings. The van der Waals surface area contributed by atoms with Crippen molar-refractivity contribution in [2.75, 3.05) is 18.5 Å². The molecule has 0 saturated carbocycles. The summed E-state index contributed by atoms with van der Waals surface area (Å²) in [6.07, 6.45) is 2.05. The highest BCUT2D eigenvalue weighted by Gasteiger charge is 2.23. The fourth-order valence-electron chi connectivity index (χ4n) is 3.34. The molecule has 0 radical (unpaired) electrons. The van der Waals surface area contributed by atoms with E-state index in [9.17, 15) is 4.79 Å². The van der Waals surface area contributed by atoms with Crippen LogP contribution in [0, 0.1) is 5.92 Å². The first-order valence-corrected chi connectivity index (χ1v) is 10.4. The van der Waals surface area contributed by atoms with Crippen LogP contribution in [-0.4, -0.2) is 39.1 Å². The van der Waals surface area contributed by atoms with Crippen LogP contribution in [0.4, 0.5) is 5.13 Å². The predicted octanol–water partition coefficient (Wildman–Crippen LogP) is 3.86. The molecule has 0 atom stereocenters. The van der Waals surface area contributed by atoms with Gasteiger partial charge in [0.2, 0.25) is 5.13 Å². The maximum absolute atomic E-state index is 12.9. The largest absolute Gasteiger partial charge is 0.381 e. The summed E-state index contributed by atoms with van der Waals surface area (Å²) < 4.78 is 7.41. The Labute approximate surface area is 168 Å². The Morgan fingerprint density at radius 2 is 2.00 bits per heavy atom. The number of amides is 1. The third kappa shape index (κ3) is 3.93. The normalized spacial score (nSPS) is 15.8. The predicted molar refractivity (Wildman–Crippen MR) is 110 cm³/mol. The maximum atomic E-state index is 12.9. The molecule has 1 amide bonds. The van der Waals surface area contributed by atoms with Gasteiger partial charge in [-0.25, -0.2) is 0 Å². The van der Waals surface area contributed by atoms with Gasteiger partial charge in [-0.15, -0.1) is 10.2 Å². The van der Waals surface area contributed by atoms with E-state index in [1.54, 1.807) is 0 Å². The van der Waals surface area contributed by atoms with E-state index in [1.807, 2.05) is 28.9 Å². The number of benzene rings is 1. The first-order valence-electron chi connectivity index (χ1n) is 9.60. The molecule has 1 saturated heterocycles. The summed E-state index contributed by atoms with van der Waals surface area (Å²) in [5.41, 5.74) is 1.31. The number of hydrogen-bond donors (Lipinski definition) is 1. The Bertz CT molecular complexity index is 982. The first kappa shape index (κ1) is 19.0. The molecule has 1 aliphatic heterocycles. The van der Waals surface area contributed by atoms with E-state index in [4.69, 9.17) is 4.74 Å². The summed E-state index contributed by atoms with van der Waals surface area (Å²) >= 11 is 1.40. The molecular formula is C20H25N5O2S. The van der Waals surface area contributed by atoms with Gasteiger partial charge in [-0.1, -0.05) is 50.3 Å². The lowest BCUT2D eigenvalue weighted by molar-refractivity contribution is 0.0605. The van der Waals surface area contributed by atoms with E-state index < -0.39 is 0 Å². The van der Waals surface area contributed by atoms with Gasteiger partial charge in [-0.2, -0.15) is 5.10 Å². The van der Waals surface area contributed by atoms with Gasteiger partial charge in [-0.3, -0.25) is 14.8 Å². The van der Waals surface area contributed by atoms with Crippen LogP contribution in [0.3, 0.4) is 0 Å². The van der Waals surface area contributed by atoms with Crippen molar-refractivity contribution in [2.24, 2.45) is 5.92 Å². The third-order valence-corrected chi connectivity index (χ3v) is 6.20. The molecule has 0 spiro atoms. The molecule has 28 heavy (non-hydrogen) atoms. The van der Waals surface area contributed by atoms with Gasteiger partial charge in [-0.05, 0) is 24.8 Å². The summed E-state index contributed by atoms with van der Waals surface area (Å²) in [4.78, 5) is 12.9. The maximum Gasteiger partial charge on any atom is 0.278 e. The fraction of sp³-hybridized carbons (Fsp3) is 0.500. The Balaban J connectivity index is 1.59. The number of fused-ring (bicyclic) bond motifs is 1. The second kappa shape index (κ2) is 7.60. The summed E-state index contributed by atoms with van der Waals surface area (Å²) in [5.74, 6) is 0.268. The Morgan fingerprint density at radius 3 is 2.71 bits per heavy atom. The monoisotopic (exact) mass is 399 g/mol. The zero-order valence-electron chi connectivity index (χ0n) is 16.4. The molecule has 0 unspecified atom stereocenters. The number of anilines is 1. The molecule has 3 heterocycles. The highest BCUT2D eigenvalue weighted by Crippen LogP contribution is 2.28. The molecule has 1 aromatic carbocycles. The van der Waals surface area contributed by atoms with E-state index in [2.05, 4.69) is 41.4 Å². The summed E-state index contributed by atoms with van der Waals surface area (Å²) in [6.45, 7) is 8.61. The van der Waals surface area contributed by atoms with Crippen LogP contribution in [0.2, 0.25) is 0 Å². The number of para-hydroxylation sites is 1. The van der Waals surface area contributed by atoms with Gasteiger partial charge in [0.1, 0.15) is 5.01 Å². The van der Waals surface area contributed by atoms with Crippen LogP contribution in [0.5, 0.6) is 0 Å². The lowest BCUT2D eigenvalue weighted by Gasteiger charge is -2.22. The molecule has 3 aromatic rings. The number of carbonyl (C=O) groups excluding carboxylic acids is 1. The molecule has 4 rings (SSSR count). The van der Waals surface area contributed by atoms with Crippen molar-refractivity contribution in [1.82, 2.24) is 20.0 Å². The average molecular weight is 400 g/mol. The number of carbonyl (C=O) groups is 1. The molecule has 148 valence electrons. The summed E-state index contributed by atoms with van der Waals surface area (Å²) in [6, 6.07) is 7.87. The van der Waals surface area contributed by atoms with Crippen molar-refractivity contribution in [1.29, 1.82) is 0 Å². The number of aromatic nitrogens is 4. The first-order chi connectivity index (χ1) is 13.4. The zero-order chi connectivity index (χ0) is 19.7. The van der Waals surface area contributed by atoms with Crippen LogP contribution in [0.25, 0.3) is 10.9 Å². The molecule has 0 aliphatic carbocycles. The van der Waals surface area contributed by atoms with E-state index >= 15 is 0 Å². The van der Waals surface area contributed by atoms with E-state index in [0.29, 0.717) is 16.7 Å². The zero-order valence-corrected chi connectivity index (χ0v) is 17.3. The summed E-state index contributed by atoms with van der Waals surface area (Å²) in [5, 5.41) is 18.1. The minimum atomic E-state index is -0.251. The van der Waals surface area contributed by atoms with Crippen molar-refractivity contribution in [2.45, 2.75) is 45.6 Å². The van der Waals surface area contributed by atoms with Crippen molar-refractivity contribution in [3.8, 4) is 0 Å². The quantitative estimate of drug-likeness (QED) is 0.720. The van der Waals surface area contributed by atoms with Crippen LogP contribution >= 0.6 is 11.3 Å². The average Bonchev–Trinajstić information content (AvgIpc) is 3.28. The van der Waals surface area contributed by atoms with E-state index in [-0.39, 0.29) is 11.3 Å². The molecule has 0 bridgehead atoms. The van der Waals surface area contributed by atoms with Crippen molar-refractivity contribution >= 4 is 33.3 Å². The number of nitrogens with one attached hydrogen (secondary N) is 1. The van der Waals surface area contributed by atoms with Gasteiger partial charge in [0.15, 0.2) is 5.69 Å². The highest BCUT2D eigenvalue weighted by molar-refractivity contribution is 7.15. The Hall–Kier alpha value is -2.32. The topological polar surface area (TPSA) is 81.9 Å². The van der Waals surface area contributed by atoms with Gasteiger partial charge in [0.05, 0.1) is 5.52 Å². The second-order valence-corrected chi connectivity index (χ2v) is 9.20. The molecule has 8 heteroatoms. The summed E-state index contributed by atoms with van der Waals surface area (Å²) in [7, 11) is 0. The molecule has 1 aliphatic rings. The number of hydrogen-bond acceptors (Lipinski definition) is 6. The number of rotatable bonds is 4. The van der Waals surface area contributed by atoms with Crippen molar-refractivity contribution in [3.63, 3.8) is 0 Å². The van der Waals surface area contributed by atoms with Crippen LogP contribution in [-0.2, 0) is 16.7 Å². The van der Waals surface area contributed by atoms with E-state index in [0.717, 1.165) is 48.5 Å². The van der Waals surface area contributed by atoms with Crippen LogP contribution < -0.4 is 5.32 Å². The van der Waals surface area contributed by atoms with Gasteiger partial charge in [0.25, 0.3) is 5.91 Å². The Kier molecular flexibility index (Phi) is 5.16. The number of nitrogens with zero attached hydrogens (tertiary/aromatic N) is 4. The minimum absolute atomic E-state index is 0.0986. The fourth-order valence-corrected chi connectivity index (χ4v) is 4.14. The smallest absolute Gasteiger partial charge is 0.278 e. The third-order valence-electron chi connectivity index (χ3n) is 4.93. The lowest BCUT2D eigenvalue weighted by Crippen LogP contribution is -2.21. The minimum Gasteiger partial charge on any atom is -0.381 e. The van der Waals surface area contributed by atoms with Crippen LogP contribution in [0.1, 0.15) is 49.1 Å². The van der Waals surface area contributed by atoms with Crippen molar-refractivity contribution < 1.29 is 9.53 Å². The highest BCUT2D eigenvalue weighted by atomic mass is 32.1. The second-order valence-electron chi connectivity index (χ2n) is 8.22. The van der Waals surface area contributed by atoms with Gasteiger partial charge < -0.3 is 4.74 Å². The molecule has 7 nitrogen and oxygen atoms in total. The number of ether oxygens (including phenoxy) is 1. The molecule has 1 N–H and O–H groups in total. The Morgan fingerprint density at radius 1 is 1.25 bits per heavy atom. The van der Waals surface area contributed by atoms with Gasteiger partial charge in [0, 0.05) is 30.6 Å².